The van der Waals surface area contributed by atoms with E-state index >= 15 is 0 Å². The summed E-state index contributed by atoms with van der Waals surface area (Å²) in [6, 6.07) is 0. The molecule has 0 radical (unpaired) electrons. The second-order valence-corrected chi connectivity index (χ2v) is 3.55. The van der Waals surface area contributed by atoms with E-state index in [1.165, 1.54) is 25.8 Å². The maximum Gasteiger partial charge on any atom is 0.0156 e. The molecule has 2 fully saturated rings. The molecule has 46 valence electrons. The number of rotatable bonds is 0. The van der Waals surface area contributed by atoms with Crippen LogP contribution in [0.25, 0.3) is 0 Å². The zero-order valence-corrected chi connectivity index (χ0v) is 5.41. The third-order valence-corrected chi connectivity index (χ3v) is 2.66. The van der Waals surface area contributed by atoms with E-state index in [0.717, 1.165) is 5.92 Å². The third kappa shape index (κ3) is 0.510. The van der Waals surface area contributed by atoms with Crippen molar-refractivity contribution in [2.24, 2.45) is 5.92 Å². The lowest BCUT2D eigenvalue weighted by atomic mass is 10.0. The smallest absolute Gasteiger partial charge is 0.0156 e. The van der Waals surface area contributed by atoms with Gasteiger partial charge in [0.1, 0.15) is 0 Å². The van der Waals surface area contributed by atoms with Crippen LogP contribution in [-0.2, 0) is 0 Å². The average molecular weight is 111 g/mol. The molecular formula is C7H13N. The van der Waals surface area contributed by atoms with E-state index in [-0.39, 0.29) is 0 Å². The molecule has 8 heavy (non-hydrogen) atoms. The first-order valence-electron chi connectivity index (χ1n) is 3.54. The first-order valence-corrected chi connectivity index (χ1v) is 3.54. The van der Waals surface area contributed by atoms with Crippen LogP contribution in [0.5, 0.6) is 0 Å². The highest BCUT2D eigenvalue weighted by atomic mass is 15.0. The van der Waals surface area contributed by atoms with Crippen LogP contribution in [0.2, 0.25) is 0 Å². The van der Waals surface area contributed by atoms with Crippen LogP contribution in [-0.4, -0.2) is 12.1 Å². The van der Waals surface area contributed by atoms with Crippen molar-refractivity contribution in [1.29, 1.82) is 0 Å². The quantitative estimate of drug-likeness (QED) is 0.494. The number of hydrogen-bond acceptors (Lipinski definition) is 1. The highest BCUT2D eigenvalue weighted by Gasteiger charge is 2.40. The monoisotopic (exact) mass is 111 g/mol. The molecule has 1 saturated carbocycles. The minimum atomic E-state index is 0.560. The van der Waals surface area contributed by atoms with Crippen molar-refractivity contribution in [3.05, 3.63) is 0 Å². The van der Waals surface area contributed by atoms with Gasteiger partial charge in [-0.05, 0) is 38.6 Å². The van der Waals surface area contributed by atoms with Gasteiger partial charge in [0.2, 0.25) is 0 Å². The van der Waals surface area contributed by atoms with Crippen molar-refractivity contribution in [3.63, 3.8) is 0 Å². The van der Waals surface area contributed by atoms with Gasteiger partial charge in [-0.25, -0.2) is 0 Å². The van der Waals surface area contributed by atoms with Crippen LogP contribution >= 0.6 is 0 Å². The van der Waals surface area contributed by atoms with Gasteiger partial charge in [-0.1, -0.05) is 0 Å². The normalized spacial score (nSPS) is 52.9. The summed E-state index contributed by atoms with van der Waals surface area (Å²) >= 11 is 0. The Morgan fingerprint density at radius 2 is 2.50 bits per heavy atom. The van der Waals surface area contributed by atoms with Crippen LogP contribution in [0, 0.1) is 5.92 Å². The minimum absolute atomic E-state index is 0.560. The summed E-state index contributed by atoms with van der Waals surface area (Å²) in [5, 5.41) is 3.53. The van der Waals surface area contributed by atoms with E-state index in [1.807, 2.05) is 0 Å². The average Bonchev–Trinajstić information content (AvgIpc) is 2.21. The summed E-state index contributed by atoms with van der Waals surface area (Å²) in [5.41, 5.74) is 0.560. The van der Waals surface area contributed by atoms with Crippen molar-refractivity contribution in [2.45, 2.75) is 31.7 Å². The van der Waals surface area contributed by atoms with Gasteiger partial charge < -0.3 is 5.32 Å². The summed E-state index contributed by atoms with van der Waals surface area (Å²) < 4.78 is 0. The number of hydrogen-bond donors (Lipinski definition) is 1. The molecule has 0 aromatic carbocycles. The molecule has 0 spiro atoms. The van der Waals surface area contributed by atoms with Crippen molar-refractivity contribution in [3.8, 4) is 0 Å². The van der Waals surface area contributed by atoms with E-state index in [2.05, 4.69) is 12.2 Å². The third-order valence-electron chi connectivity index (χ3n) is 2.66. The summed E-state index contributed by atoms with van der Waals surface area (Å²) in [7, 11) is 0. The van der Waals surface area contributed by atoms with E-state index in [4.69, 9.17) is 0 Å². The van der Waals surface area contributed by atoms with E-state index in [1.54, 1.807) is 0 Å². The van der Waals surface area contributed by atoms with E-state index in [9.17, 15) is 0 Å². The van der Waals surface area contributed by atoms with Gasteiger partial charge in [-0.15, -0.1) is 0 Å². The number of nitrogens with one attached hydrogen (secondary N) is 1. The molecule has 2 unspecified atom stereocenters. The minimum Gasteiger partial charge on any atom is -0.311 e. The highest BCUT2D eigenvalue weighted by Crippen LogP contribution is 2.38. The standard InChI is InChI=1S/C7H13N/c1-7-3-2-6(4-7)5-8-7/h6,8H,2-5H2,1H3. The molecular weight excluding hydrogens is 98.1 g/mol. The Bertz CT molecular complexity index is 101. The number of piperidine rings is 1. The molecule has 0 aromatic heterocycles. The lowest BCUT2D eigenvalue weighted by Crippen LogP contribution is -2.36. The van der Waals surface area contributed by atoms with Gasteiger partial charge in [0.15, 0.2) is 0 Å². The first kappa shape index (κ1) is 4.80. The van der Waals surface area contributed by atoms with Gasteiger partial charge in [-0.2, -0.15) is 0 Å². The van der Waals surface area contributed by atoms with Crippen molar-refractivity contribution < 1.29 is 0 Å². The molecule has 0 aromatic rings. The Labute approximate surface area is 50.5 Å². The summed E-state index contributed by atoms with van der Waals surface area (Å²) in [6.07, 6.45) is 4.33. The molecule has 2 bridgehead atoms. The van der Waals surface area contributed by atoms with Gasteiger partial charge in [0.25, 0.3) is 0 Å². The molecule has 1 N–H and O–H groups in total. The zero-order valence-electron chi connectivity index (χ0n) is 5.41. The molecule has 1 aliphatic carbocycles. The Balaban J connectivity index is 2.19. The van der Waals surface area contributed by atoms with Gasteiger partial charge in [0, 0.05) is 5.54 Å². The maximum absolute atomic E-state index is 3.53. The van der Waals surface area contributed by atoms with E-state index < -0.39 is 0 Å². The summed E-state index contributed by atoms with van der Waals surface area (Å²) in [5.74, 6) is 1.03. The van der Waals surface area contributed by atoms with Crippen molar-refractivity contribution >= 4 is 0 Å². The molecule has 1 saturated heterocycles. The van der Waals surface area contributed by atoms with Gasteiger partial charge in [-0.3, -0.25) is 0 Å². The fraction of sp³-hybridized carbons (Fsp3) is 1.00. The molecule has 2 aliphatic rings. The molecule has 1 nitrogen and oxygen atoms in total. The predicted octanol–water partition coefficient (Wildman–Crippen LogP) is 1.15. The Hall–Kier alpha value is -0.0400. The van der Waals surface area contributed by atoms with Gasteiger partial charge >= 0.3 is 0 Å². The Kier molecular flexibility index (Phi) is 0.762. The molecule has 1 heterocycles. The predicted molar refractivity (Wildman–Crippen MR) is 33.7 cm³/mol. The van der Waals surface area contributed by atoms with Gasteiger partial charge in [0.05, 0.1) is 0 Å². The molecule has 2 atom stereocenters. The first-order chi connectivity index (χ1) is 3.79. The Morgan fingerprint density at radius 3 is 2.62 bits per heavy atom. The van der Waals surface area contributed by atoms with Crippen molar-refractivity contribution in [1.82, 2.24) is 5.32 Å². The topological polar surface area (TPSA) is 12.0 Å². The van der Waals surface area contributed by atoms with Crippen LogP contribution in [0.1, 0.15) is 26.2 Å². The molecule has 2 rings (SSSR count). The Morgan fingerprint density at radius 1 is 1.62 bits per heavy atom. The molecule has 0 amide bonds. The highest BCUT2D eigenvalue weighted by molar-refractivity contribution is 4.99. The van der Waals surface area contributed by atoms with Crippen LogP contribution < -0.4 is 5.32 Å². The fourth-order valence-electron chi connectivity index (χ4n) is 2.09. The van der Waals surface area contributed by atoms with Crippen LogP contribution in [0.15, 0.2) is 0 Å². The summed E-state index contributed by atoms with van der Waals surface area (Å²) in [6.45, 7) is 3.64. The number of fused-ring (bicyclic) bond motifs is 2. The van der Waals surface area contributed by atoms with Crippen LogP contribution in [0.3, 0.4) is 0 Å². The lowest BCUT2D eigenvalue weighted by Gasteiger charge is -2.21. The zero-order chi connectivity index (χ0) is 5.61. The van der Waals surface area contributed by atoms with E-state index in [0.29, 0.717) is 5.54 Å². The second kappa shape index (κ2) is 1.27. The lowest BCUT2D eigenvalue weighted by molar-refractivity contribution is 0.394. The molecule has 1 heteroatoms. The maximum atomic E-state index is 3.53. The van der Waals surface area contributed by atoms with Crippen LogP contribution in [0.4, 0.5) is 0 Å². The van der Waals surface area contributed by atoms with Crippen molar-refractivity contribution in [2.75, 3.05) is 6.54 Å². The fourth-order valence-corrected chi connectivity index (χ4v) is 2.09. The SMILES string of the molecule is CC12CCC(CN1)C2. The summed E-state index contributed by atoms with van der Waals surface area (Å²) in [4.78, 5) is 0. The largest absolute Gasteiger partial charge is 0.311 e. The molecule has 1 aliphatic heterocycles. The second-order valence-electron chi connectivity index (χ2n) is 3.55.